The molecule has 2 aromatic rings. The molecule has 1 aromatic heterocycles. The zero-order valence-corrected chi connectivity index (χ0v) is 14.7. The molecule has 1 fully saturated rings. The highest BCUT2D eigenvalue weighted by molar-refractivity contribution is 6.05. The predicted molar refractivity (Wildman–Crippen MR) is 98.4 cm³/mol. The summed E-state index contributed by atoms with van der Waals surface area (Å²) in [6.07, 6.45) is 7.01. The number of fused-ring (bicyclic) bond motifs is 2. The number of hydrogen-bond donors (Lipinski definition) is 2. The Labute approximate surface area is 152 Å². The maximum absolute atomic E-state index is 12.7. The number of aromatic amines is 1. The average Bonchev–Trinajstić information content (AvgIpc) is 3.28. The van der Waals surface area contributed by atoms with Gasteiger partial charge >= 0.3 is 0 Å². The van der Waals surface area contributed by atoms with E-state index in [4.69, 9.17) is 0 Å². The third-order valence-corrected chi connectivity index (χ3v) is 5.70. The first-order chi connectivity index (χ1) is 12.7. The number of benzene rings is 1. The summed E-state index contributed by atoms with van der Waals surface area (Å²) in [6.45, 7) is 0.745. The van der Waals surface area contributed by atoms with Gasteiger partial charge in [-0.3, -0.25) is 14.7 Å². The molecule has 5 rings (SSSR count). The topological polar surface area (TPSA) is 78.1 Å². The molecule has 2 amide bonds. The number of carbonyl (C=O) groups is 2. The Morgan fingerprint density at radius 1 is 1.15 bits per heavy atom. The van der Waals surface area contributed by atoms with Crippen molar-refractivity contribution in [1.29, 1.82) is 0 Å². The van der Waals surface area contributed by atoms with Gasteiger partial charge < -0.3 is 10.2 Å². The second-order valence-electron chi connectivity index (χ2n) is 7.55. The lowest BCUT2D eigenvalue weighted by atomic mass is 9.96. The van der Waals surface area contributed by atoms with Crippen molar-refractivity contribution in [2.24, 2.45) is 5.92 Å². The van der Waals surface area contributed by atoms with Crippen molar-refractivity contribution in [3.63, 3.8) is 0 Å². The molecule has 1 saturated carbocycles. The number of nitrogens with one attached hydrogen (secondary N) is 2. The van der Waals surface area contributed by atoms with Crippen LogP contribution in [0.5, 0.6) is 0 Å². The van der Waals surface area contributed by atoms with Crippen molar-refractivity contribution < 1.29 is 9.59 Å². The van der Waals surface area contributed by atoms with Crippen LogP contribution in [0.25, 0.3) is 0 Å². The lowest BCUT2D eigenvalue weighted by Crippen LogP contribution is -2.30. The van der Waals surface area contributed by atoms with Gasteiger partial charge in [-0.05, 0) is 62.6 Å². The summed E-state index contributed by atoms with van der Waals surface area (Å²) in [4.78, 5) is 27.1. The van der Waals surface area contributed by atoms with Crippen molar-refractivity contribution in [2.75, 3.05) is 16.8 Å². The van der Waals surface area contributed by atoms with E-state index in [9.17, 15) is 9.59 Å². The zero-order valence-electron chi connectivity index (χ0n) is 14.7. The van der Waals surface area contributed by atoms with E-state index < -0.39 is 0 Å². The molecule has 6 nitrogen and oxygen atoms in total. The maximum atomic E-state index is 12.7. The first-order valence-electron chi connectivity index (χ1n) is 9.52. The van der Waals surface area contributed by atoms with Crippen LogP contribution in [0.4, 0.5) is 11.4 Å². The van der Waals surface area contributed by atoms with Crippen LogP contribution in [0.3, 0.4) is 0 Å². The van der Waals surface area contributed by atoms with Crippen LogP contribution >= 0.6 is 0 Å². The van der Waals surface area contributed by atoms with Crippen molar-refractivity contribution >= 4 is 23.2 Å². The molecular formula is C20H22N4O2. The van der Waals surface area contributed by atoms with Gasteiger partial charge in [0.15, 0.2) is 5.69 Å². The predicted octanol–water partition coefficient (Wildman–Crippen LogP) is 2.84. The highest BCUT2D eigenvalue weighted by Gasteiger charge is 2.36. The third-order valence-electron chi connectivity index (χ3n) is 5.70. The summed E-state index contributed by atoms with van der Waals surface area (Å²) in [5, 5.41) is 10.2. The summed E-state index contributed by atoms with van der Waals surface area (Å²) < 4.78 is 0. The molecule has 134 valence electrons. The van der Waals surface area contributed by atoms with Crippen LogP contribution in [0, 0.1) is 5.92 Å². The molecule has 2 heterocycles. The van der Waals surface area contributed by atoms with E-state index in [1.54, 1.807) is 0 Å². The second-order valence-corrected chi connectivity index (χ2v) is 7.55. The van der Waals surface area contributed by atoms with Gasteiger partial charge in [0.1, 0.15) is 0 Å². The van der Waals surface area contributed by atoms with Gasteiger partial charge in [-0.15, -0.1) is 0 Å². The Kier molecular flexibility index (Phi) is 3.58. The lowest BCUT2D eigenvalue weighted by molar-refractivity contribution is -0.119. The molecule has 1 aliphatic heterocycles. The first kappa shape index (κ1) is 15.6. The van der Waals surface area contributed by atoms with Gasteiger partial charge in [0.2, 0.25) is 5.91 Å². The van der Waals surface area contributed by atoms with Gasteiger partial charge in [0.25, 0.3) is 5.91 Å². The van der Waals surface area contributed by atoms with Gasteiger partial charge in [-0.2, -0.15) is 5.10 Å². The standard InChI is InChI=1S/C20H22N4O2/c25-19(18-15-3-1-2-4-16(15)22-23-18)21-14-8-7-12-9-10-24(17(12)11-14)20(26)13-5-6-13/h7-8,11,13H,1-6,9-10H2,(H,21,25)(H,22,23). The smallest absolute Gasteiger partial charge is 0.276 e. The van der Waals surface area contributed by atoms with Crippen LogP contribution in [-0.4, -0.2) is 28.6 Å². The Morgan fingerprint density at radius 2 is 2.00 bits per heavy atom. The van der Waals surface area contributed by atoms with E-state index in [2.05, 4.69) is 15.5 Å². The fourth-order valence-corrected chi connectivity index (χ4v) is 4.10. The fourth-order valence-electron chi connectivity index (χ4n) is 4.10. The van der Waals surface area contributed by atoms with Crippen LogP contribution in [0.15, 0.2) is 18.2 Å². The molecular weight excluding hydrogens is 328 g/mol. The molecule has 0 bridgehead atoms. The van der Waals surface area contributed by atoms with E-state index in [1.165, 1.54) is 5.56 Å². The Bertz CT molecular complexity index is 897. The summed E-state index contributed by atoms with van der Waals surface area (Å²) in [5.41, 5.74) is 5.50. The van der Waals surface area contributed by atoms with Crippen LogP contribution in [0.1, 0.15) is 53.0 Å². The molecule has 2 N–H and O–H groups in total. The number of carbonyl (C=O) groups excluding carboxylic acids is 2. The zero-order chi connectivity index (χ0) is 17.7. The van der Waals surface area contributed by atoms with Gasteiger partial charge in [-0.25, -0.2) is 0 Å². The largest absolute Gasteiger partial charge is 0.321 e. The third kappa shape index (κ3) is 2.60. The quantitative estimate of drug-likeness (QED) is 0.893. The van der Waals surface area contributed by atoms with Crippen LogP contribution in [-0.2, 0) is 24.1 Å². The monoisotopic (exact) mass is 350 g/mol. The number of amides is 2. The minimum atomic E-state index is -0.178. The molecule has 2 aliphatic carbocycles. The molecule has 0 unspecified atom stereocenters. The summed E-state index contributed by atoms with van der Waals surface area (Å²) in [7, 11) is 0. The highest BCUT2D eigenvalue weighted by Crippen LogP contribution is 2.37. The number of aromatic nitrogens is 2. The number of anilines is 2. The number of hydrogen-bond acceptors (Lipinski definition) is 3. The minimum absolute atomic E-state index is 0.178. The second kappa shape index (κ2) is 5.97. The summed E-state index contributed by atoms with van der Waals surface area (Å²) in [5.74, 6) is 0.255. The van der Waals surface area contributed by atoms with Gasteiger partial charge in [0, 0.05) is 35.1 Å². The van der Waals surface area contributed by atoms with E-state index in [0.717, 1.165) is 74.1 Å². The molecule has 0 spiro atoms. The summed E-state index contributed by atoms with van der Waals surface area (Å²) >= 11 is 0. The molecule has 0 radical (unpaired) electrons. The highest BCUT2D eigenvalue weighted by atomic mass is 16.2. The number of nitrogens with zero attached hydrogens (tertiary/aromatic N) is 2. The normalized spacial score (nSPS) is 18.4. The molecule has 6 heteroatoms. The molecule has 0 atom stereocenters. The van der Waals surface area contributed by atoms with E-state index in [1.807, 2.05) is 23.1 Å². The van der Waals surface area contributed by atoms with E-state index >= 15 is 0 Å². The van der Waals surface area contributed by atoms with E-state index in [0.29, 0.717) is 5.69 Å². The molecule has 0 saturated heterocycles. The average molecular weight is 350 g/mol. The van der Waals surface area contributed by atoms with E-state index in [-0.39, 0.29) is 17.7 Å². The molecule has 1 aromatic carbocycles. The lowest BCUT2D eigenvalue weighted by Gasteiger charge is -2.18. The number of rotatable bonds is 3. The molecule has 3 aliphatic rings. The Hall–Kier alpha value is -2.63. The Balaban J connectivity index is 1.38. The van der Waals surface area contributed by atoms with Crippen molar-refractivity contribution in [1.82, 2.24) is 10.2 Å². The fraction of sp³-hybridized carbons (Fsp3) is 0.450. The SMILES string of the molecule is O=C(Nc1ccc2c(c1)N(C(=O)C1CC1)CC2)c1n[nH]c2c1CCCC2. The molecule has 26 heavy (non-hydrogen) atoms. The summed E-state index contributed by atoms with van der Waals surface area (Å²) in [6, 6.07) is 5.87. The minimum Gasteiger partial charge on any atom is -0.321 e. The number of H-pyrrole nitrogens is 1. The number of aryl methyl sites for hydroxylation is 1. The van der Waals surface area contributed by atoms with Gasteiger partial charge in [0.05, 0.1) is 0 Å². The first-order valence-corrected chi connectivity index (χ1v) is 9.52. The van der Waals surface area contributed by atoms with Crippen molar-refractivity contribution in [2.45, 2.75) is 44.9 Å². The Morgan fingerprint density at radius 3 is 2.85 bits per heavy atom. The van der Waals surface area contributed by atoms with Crippen molar-refractivity contribution in [3.8, 4) is 0 Å². The van der Waals surface area contributed by atoms with Crippen LogP contribution in [0.2, 0.25) is 0 Å². The maximum Gasteiger partial charge on any atom is 0.276 e. The van der Waals surface area contributed by atoms with Crippen molar-refractivity contribution in [3.05, 3.63) is 40.7 Å². The van der Waals surface area contributed by atoms with Gasteiger partial charge in [-0.1, -0.05) is 6.07 Å². The van der Waals surface area contributed by atoms with Crippen LogP contribution < -0.4 is 10.2 Å².